The number of fused-ring (bicyclic) bond motifs is 1. The Morgan fingerprint density at radius 2 is 1.91 bits per heavy atom. The van der Waals surface area contributed by atoms with E-state index in [1.807, 2.05) is 30.3 Å². The molecule has 166 valence electrons. The lowest BCUT2D eigenvalue weighted by Gasteiger charge is -2.21. The largest absolute Gasteiger partial charge is 0.454 e. The molecule has 1 aliphatic heterocycles. The van der Waals surface area contributed by atoms with E-state index in [1.165, 1.54) is 0 Å². The van der Waals surface area contributed by atoms with E-state index in [2.05, 4.69) is 29.1 Å². The van der Waals surface area contributed by atoms with Crippen molar-refractivity contribution in [3.05, 3.63) is 59.8 Å². The molecule has 0 atom stereocenters. The van der Waals surface area contributed by atoms with Crippen LogP contribution in [0.15, 0.2) is 48.7 Å². The van der Waals surface area contributed by atoms with Crippen LogP contribution in [0.4, 0.5) is 11.6 Å². The summed E-state index contributed by atoms with van der Waals surface area (Å²) in [7, 11) is 1.79. The van der Waals surface area contributed by atoms with E-state index in [0.717, 1.165) is 22.6 Å². The fourth-order valence-corrected chi connectivity index (χ4v) is 3.55. The Morgan fingerprint density at radius 3 is 2.66 bits per heavy atom. The van der Waals surface area contributed by atoms with Gasteiger partial charge in [0.2, 0.25) is 12.7 Å². The Bertz CT molecular complexity index is 1120. The van der Waals surface area contributed by atoms with Crippen LogP contribution in [0.5, 0.6) is 11.5 Å². The van der Waals surface area contributed by atoms with Gasteiger partial charge in [-0.25, -0.2) is 9.97 Å². The minimum Gasteiger partial charge on any atom is -0.454 e. The molecule has 3 aromatic rings. The lowest BCUT2D eigenvalue weighted by molar-refractivity contribution is 0.0779. The van der Waals surface area contributed by atoms with E-state index < -0.39 is 0 Å². The van der Waals surface area contributed by atoms with Gasteiger partial charge < -0.3 is 25.4 Å². The van der Waals surface area contributed by atoms with Gasteiger partial charge in [-0.3, -0.25) is 4.79 Å². The molecule has 1 aromatic heterocycles. The fourth-order valence-electron chi connectivity index (χ4n) is 3.55. The second-order valence-electron chi connectivity index (χ2n) is 8.20. The number of aromatic nitrogens is 2. The molecule has 0 aliphatic carbocycles. The maximum absolute atomic E-state index is 13.1. The molecule has 2 aromatic carbocycles. The van der Waals surface area contributed by atoms with Crippen molar-refractivity contribution in [2.75, 3.05) is 31.4 Å². The number of nitrogens with one attached hydrogen (secondary N) is 1. The van der Waals surface area contributed by atoms with Crippen molar-refractivity contribution >= 4 is 17.5 Å². The monoisotopic (exact) mass is 433 g/mol. The molecule has 1 amide bonds. The van der Waals surface area contributed by atoms with Gasteiger partial charge in [-0.05, 0) is 35.7 Å². The summed E-state index contributed by atoms with van der Waals surface area (Å²) in [6, 6.07) is 13.1. The molecule has 0 saturated carbocycles. The smallest absolute Gasteiger partial charge is 0.257 e. The van der Waals surface area contributed by atoms with Crippen LogP contribution in [-0.4, -0.2) is 41.2 Å². The summed E-state index contributed by atoms with van der Waals surface area (Å²) < 4.78 is 10.8. The molecule has 3 N–H and O–H groups in total. The van der Waals surface area contributed by atoms with E-state index in [1.54, 1.807) is 30.3 Å². The van der Waals surface area contributed by atoms with Crippen LogP contribution >= 0.6 is 0 Å². The lowest BCUT2D eigenvalue weighted by Crippen LogP contribution is -2.31. The second kappa shape index (κ2) is 9.13. The predicted octanol–water partition coefficient (Wildman–Crippen LogP) is 3.79. The molecule has 0 unspecified atom stereocenters. The highest BCUT2D eigenvalue weighted by molar-refractivity contribution is 5.99. The summed E-state index contributed by atoms with van der Waals surface area (Å²) >= 11 is 0. The van der Waals surface area contributed by atoms with E-state index in [0.29, 0.717) is 41.9 Å². The highest BCUT2D eigenvalue weighted by Gasteiger charge is 2.20. The highest BCUT2D eigenvalue weighted by atomic mass is 16.7. The zero-order valence-corrected chi connectivity index (χ0v) is 18.5. The van der Waals surface area contributed by atoms with Crippen molar-refractivity contribution in [2.45, 2.75) is 20.4 Å². The molecule has 32 heavy (non-hydrogen) atoms. The standard InChI is InChI=1S/C24H27N5O3/c1-15(2)13-29(3)23(30)19-12-27-24(28-22(19)17-5-7-18(25)8-6-17)26-11-16-4-9-20-21(10-16)32-14-31-20/h4-10,12,15H,11,13-14,25H2,1-3H3,(H,26,27,28). The third kappa shape index (κ3) is 4.74. The Morgan fingerprint density at radius 1 is 1.16 bits per heavy atom. The number of nitrogens with zero attached hydrogens (tertiary/aromatic N) is 3. The number of benzene rings is 2. The van der Waals surface area contributed by atoms with Crippen molar-refractivity contribution in [2.24, 2.45) is 5.92 Å². The molecule has 2 heterocycles. The number of hydrogen-bond acceptors (Lipinski definition) is 7. The van der Waals surface area contributed by atoms with Gasteiger partial charge in [-0.2, -0.15) is 0 Å². The number of hydrogen-bond donors (Lipinski definition) is 2. The summed E-state index contributed by atoms with van der Waals surface area (Å²) in [6.07, 6.45) is 1.58. The molecule has 0 fully saturated rings. The van der Waals surface area contributed by atoms with Crippen molar-refractivity contribution in [1.29, 1.82) is 0 Å². The Kier molecular flexibility index (Phi) is 6.11. The summed E-state index contributed by atoms with van der Waals surface area (Å²) in [6.45, 7) is 5.53. The van der Waals surface area contributed by atoms with E-state index >= 15 is 0 Å². The summed E-state index contributed by atoms with van der Waals surface area (Å²) in [5.41, 5.74) is 9.31. The van der Waals surface area contributed by atoms with Crippen molar-refractivity contribution in [3.63, 3.8) is 0 Å². The number of ether oxygens (including phenoxy) is 2. The quantitative estimate of drug-likeness (QED) is 0.547. The van der Waals surface area contributed by atoms with E-state index in [9.17, 15) is 4.79 Å². The first-order valence-electron chi connectivity index (χ1n) is 10.5. The van der Waals surface area contributed by atoms with Gasteiger partial charge >= 0.3 is 0 Å². The predicted molar refractivity (Wildman–Crippen MR) is 124 cm³/mol. The molecule has 8 heteroatoms. The minimum atomic E-state index is -0.118. The molecule has 1 aliphatic rings. The third-order valence-corrected chi connectivity index (χ3v) is 5.08. The van der Waals surface area contributed by atoms with Crippen LogP contribution < -0.4 is 20.5 Å². The number of amides is 1. The Balaban J connectivity index is 1.60. The number of carbonyl (C=O) groups is 1. The van der Waals surface area contributed by atoms with Crippen molar-refractivity contribution < 1.29 is 14.3 Å². The van der Waals surface area contributed by atoms with Crippen LogP contribution in [0, 0.1) is 5.92 Å². The molecule has 8 nitrogen and oxygen atoms in total. The van der Waals surface area contributed by atoms with Crippen LogP contribution in [-0.2, 0) is 6.54 Å². The average molecular weight is 434 g/mol. The van der Waals surface area contributed by atoms with Crippen LogP contribution in [0.1, 0.15) is 29.8 Å². The van der Waals surface area contributed by atoms with Gasteiger partial charge in [0.1, 0.15) is 0 Å². The summed E-state index contributed by atoms with van der Waals surface area (Å²) in [5, 5.41) is 3.23. The average Bonchev–Trinajstić information content (AvgIpc) is 3.25. The normalized spacial score (nSPS) is 12.1. The Hall–Kier alpha value is -3.81. The maximum atomic E-state index is 13.1. The zero-order valence-electron chi connectivity index (χ0n) is 18.5. The van der Waals surface area contributed by atoms with Gasteiger partial charge in [0.15, 0.2) is 11.5 Å². The fraction of sp³-hybridized carbons (Fsp3) is 0.292. The number of nitrogen functional groups attached to an aromatic ring is 1. The highest BCUT2D eigenvalue weighted by Crippen LogP contribution is 2.32. The van der Waals surface area contributed by atoms with Crippen molar-refractivity contribution in [1.82, 2.24) is 14.9 Å². The third-order valence-electron chi connectivity index (χ3n) is 5.08. The van der Waals surface area contributed by atoms with E-state index in [-0.39, 0.29) is 12.7 Å². The van der Waals surface area contributed by atoms with Gasteiger partial charge in [-0.15, -0.1) is 0 Å². The molecule has 4 rings (SSSR count). The summed E-state index contributed by atoms with van der Waals surface area (Å²) in [4.78, 5) is 23.9. The number of rotatable bonds is 7. The summed E-state index contributed by atoms with van der Waals surface area (Å²) in [5.74, 6) is 2.13. The Labute approximate surface area is 187 Å². The van der Waals surface area contributed by atoms with Crippen molar-refractivity contribution in [3.8, 4) is 22.8 Å². The van der Waals surface area contributed by atoms with Gasteiger partial charge in [0.05, 0.1) is 11.3 Å². The van der Waals surface area contributed by atoms with Gasteiger partial charge in [-0.1, -0.05) is 32.0 Å². The molecule has 0 saturated heterocycles. The molecule has 0 radical (unpaired) electrons. The van der Waals surface area contributed by atoms with Crippen LogP contribution in [0.25, 0.3) is 11.3 Å². The SMILES string of the molecule is CC(C)CN(C)C(=O)c1cnc(NCc2ccc3c(c2)OCO3)nc1-c1ccc(N)cc1. The zero-order chi connectivity index (χ0) is 22.7. The van der Waals surface area contributed by atoms with Crippen LogP contribution in [0.2, 0.25) is 0 Å². The molecular formula is C24H27N5O3. The first-order chi connectivity index (χ1) is 15.4. The number of anilines is 2. The maximum Gasteiger partial charge on any atom is 0.257 e. The topological polar surface area (TPSA) is 103 Å². The number of nitrogens with two attached hydrogens (primary N) is 1. The van der Waals surface area contributed by atoms with E-state index in [4.69, 9.17) is 15.2 Å². The first-order valence-corrected chi connectivity index (χ1v) is 10.5. The first kappa shape index (κ1) is 21.4. The molecule has 0 spiro atoms. The molecule has 0 bridgehead atoms. The minimum absolute atomic E-state index is 0.118. The molecular weight excluding hydrogens is 406 g/mol. The second-order valence-corrected chi connectivity index (χ2v) is 8.20. The lowest BCUT2D eigenvalue weighted by atomic mass is 10.1. The van der Waals surface area contributed by atoms with Gasteiger partial charge in [0, 0.05) is 37.6 Å². The van der Waals surface area contributed by atoms with Gasteiger partial charge in [0.25, 0.3) is 5.91 Å². The van der Waals surface area contributed by atoms with Crippen LogP contribution in [0.3, 0.4) is 0 Å². The number of carbonyl (C=O) groups excluding carboxylic acids is 1.